The molecule has 0 aromatic heterocycles. The average molecular weight is 193 g/mol. The topological polar surface area (TPSA) is 84.5 Å². The second-order valence-corrected chi connectivity index (χ2v) is 3.55. The van der Waals surface area contributed by atoms with Crippen molar-refractivity contribution >= 4 is 17.5 Å². The average Bonchev–Trinajstić information content (AvgIpc) is 2.47. The van der Waals surface area contributed by atoms with Gasteiger partial charge in [-0.2, -0.15) is 5.10 Å². The Morgan fingerprint density at radius 1 is 1.57 bits per heavy atom. The Kier molecular flexibility index (Phi) is 2.07. The minimum Gasteiger partial charge on any atom is -0.361 e. The van der Waals surface area contributed by atoms with Gasteiger partial charge in [0.25, 0.3) is 0 Å². The minimum atomic E-state index is -1.00. The molecule has 14 heavy (non-hydrogen) atoms. The van der Waals surface area contributed by atoms with Crippen molar-refractivity contribution < 1.29 is 9.59 Å². The van der Waals surface area contributed by atoms with E-state index in [-0.39, 0.29) is 0 Å². The molecule has 2 amide bonds. The number of fused-ring (bicyclic) bond motifs is 1. The molecular weight excluding hydrogens is 182 g/mol. The van der Waals surface area contributed by atoms with Gasteiger partial charge in [-0.3, -0.25) is 9.59 Å². The van der Waals surface area contributed by atoms with Crippen LogP contribution in [0.25, 0.3) is 0 Å². The van der Waals surface area contributed by atoms with Gasteiger partial charge in [-0.05, 0) is 18.8 Å². The van der Waals surface area contributed by atoms with Crippen molar-refractivity contribution in [1.29, 1.82) is 0 Å². The van der Waals surface area contributed by atoms with Crippen LogP contribution in [-0.2, 0) is 9.59 Å². The summed E-state index contributed by atoms with van der Waals surface area (Å²) in [6, 6.07) is 0. The predicted molar refractivity (Wildman–Crippen MR) is 50.1 cm³/mol. The van der Waals surface area contributed by atoms with E-state index in [1.165, 1.54) is 0 Å². The molecule has 2 rings (SSSR count). The van der Waals surface area contributed by atoms with Crippen LogP contribution in [0.2, 0.25) is 0 Å². The van der Waals surface area contributed by atoms with Crippen LogP contribution in [0.1, 0.15) is 12.8 Å². The smallest absolute Gasteiger partial charge is 0.329 e. The Bertz CT molecular complexity index is 346. The number of hydrogen-bond acceptors (Lipinski definition) is 3. The van der Waals surface area contributed by atoms with Gasteiger partial charge in [0, 0.05) is 11.6 Å². The molecule has 0 saturated heterocycles. The third-order valence-corrected chi connectivity index (χ3v) is 2.69. The summed E-state index contributed by atoms with van der Waals surface area (Å²) in [6.45, 7) is 0. The first-order valence-corrected chi connectivity index (χ1v) is 4.51. The molecule has 0 radical (unpaired) electrons. The van der Waals surface area contributed by atoms with Crippen LogP contribution in [-0.4, -0.2) is 17.5 Å². The summed E-state index contributed by atoms with van der Waals surface area (Å²) in [4.78, 5) is 21.1. The molecule has 0 bridgehead atoms. The first kappa shape index (κ1) is 8.93. The van der Waals surface area contributed by atoms with Crippen molar-refractivity contribution in [2.45, 2.75) is 12.8 Å². The number of carbonyl (C=O) groups excluding carboxylic acids is 2. The number of carbonyl (C=O) groups is 2. The zero-order valence-electron chi connectivity index (χ0n) is 7.56. The zero-order chi connectivity index (χ0) is 10.1. The maximum atomic E-state index is 10.8. The first-order chi connectivity index (χ1) is 6.68. The number of allylic oxidation sites excluding steroid dienone is 2. The fourth-order valence-electron chi connectivity index (χ4n) is 1.84. The molecule has 0 aromatic carbocycles. The van der Waals surface area contributed by atoms with Gasteiger partial charge in [-0.1, -0.05) is 12.2 Å². The van der Waals surface area contributed by atoms with E-state index in [9.17, 15) is 9.59 Å². The van der Waals surface area contributed by atoms with Gasteiger partial charge in [0.1, 0.15) is 0 Å². The highest BCUT2D eigenvalue weighted by atomic mass is 16.2. The molecule has 2 aliphatic rings. The van der Waals surface area contributed by atoms with Crippen LogP contribution in [0.3, 0.4) is 0 Å². The summed E-state index contributed by atoms with van der Waals surface area (Å²) < 4.78 is 0. The van der Waals surface area contributed by atoms with Gasteiger partial charge in [0.05, 0.1) is 0 Å². The lowest BCUT2D eigenvalue weighted by molar-refractivity contribution is -0.137. The molecule has 5 heteroatoms. The molecule has 0 spiro atoms. The minimum absolute atomic E-state index is 0.433. The van der Waals surface area contributed by atoms with Crippen molar-refractivity contribution in [3.8, 4) is 0 Å². The summed E-state index contributed by atoms with van der Waals surface area (Å²) in [5.41, 5.74) is 7.85. The lowest BCUT2D eigenvalue weighted by Gasteiger charge is -2.31. The van der Waals surface area contributed by atoms with E-state index in [1.807, 2.05) is 0 Å². The largest absolute Gasteiger partial charge is 0.361 e. The SMILES string of the molecule is NC(=O)C(=O)N/N=C1/CC2C=CCC12. The molecule has 5 nitrogen and oxygen atoms in total. The molecule has 0 aromatic rings. The number of rotatable bonds is 1. The van der Waals surface area contributed by atoms with Crippen molar-refractivity contribution in [2.75, 3.05) is 0 Å². The Labute approximate surface area is 81.0 Å². The van der Waals surface area contributed by atoms with Gasteiger partial charge < -0.3 is 5.73 Å². The van der Waals surface area contributed by atoms with Crippen molar-refractivity contribution in [3.63, 3.8) is 0 Å². The van der Waals surface area contributed by atoms with E-state index in [2.05, 4.69) is 22.7 Å². The quantitative estimate of drug-likeness (QED) is 0.335. The summed E-state index contributed by atoms with van der Waals surface area (Å²) in [7, 11) is 0. The number of primary amides is 1. The van der Waals surface area contributed by atoms with Crippen LogP contribution < -0.4 is 11.2 Å². The van der Waals surface area contributed by atoms with E-state index in [0.717, 1.165) is 18.6 Å². The second kappa shape index (κ2) is 3.25. The number of nitrogens with two attached hydrogens (primary N) is 1. The van der Waals surface area contributed by atoms with E-state index in [4.69, 9.17) is 5.73 Å². The molecule has 3 N–H and O–H groups in total. The van der Waals surface area contributed by atoms with E-state index >= 15 is 0 Å². The Morgan fingerprint density at radius 2 is 2.36 bits per heavy atom. The lowest BCUT2D eigenvalue weighted by atomic mass is 9.74. The molecule has 74 valence electrons. The normalized spacial score (nSPS) is 31.0. The van der Waals surface area contributed by atoms with E-state index in [1.54, 1.807) is 0 Å². The number of hydrazone groups is 1. The highest BCUT2D eigenvalue weighted by molar-refractivity contribution is 6.34. The molecule has 2 aliphatic carbocycles. The number of nitrogens with zero attached hydrogens (tertiary/aromatic N) is 1. The number of nitrogens with one attached hydrogen (secondary N) is 1. The van der Waals surface area contributed by atoms with Crippen LogP contribution in [0.4, 0.5) is 0 Å². The van der Waals surface area contributed by atoms with Gasteiger partial charge >= 0.3 is 11.8 Å². The zero-order valence-corrected chi connectivity index (χ0v) is 7.56. The number of amides is 2. The molecule has 1 saturated carbocycles. The first-order valence-electron chi connectivity index (χ1n) is 4.51. The Hall–Kier alpha value is -1.65. The molecule has 0 aliphatic heterocycles. The van der Waals surface area contributed by atoms with Crippen LogP contribution in [0, 0.1) is 11.8 Å². The molecule has 1 fully saturated rings. The van der Waals surface area contributed by atoms with Gasteiger partial charge in [0.2, 0.25) is 0 Å². The monoisotopic (exact) mass is 193 g/mol. The lowest BCUT2D eigenvalue weighted by Crippen LogP contribution is -2.38. The number of hydrogen-bond donors (Lipinski definition) is 2. The predicted octanol–water partition coefficient (Wildman–Crippen LogP) is -0.460. The van der Waals surface area contributed by atoms with Crippen LogP contribution in [0.15, 0.2) is 17.3 Å². The van der Waals surface area contributed by atoms with Crippen molar-refractivity contribution in [3.05, 3.63) is 12.2 Å². The molecule has 2 unspecified atom stereocenters. The maximum absolute atomic E-state index is 10.8. The van der Waals surface area contributed by atoms with Crippen molar-refractivity contribution in [1.82, 2.24) is 5.43 Å². The summed E-state index contributed by atoms with van der Waals surface area (Å²) in [5, 5.41) is 3.87. The summed E-state index contributed by atoms with van der Waals surface area (Å²) in [5.74, 6) is -0.843. The molecular formula is C9H11N3O2. The summed E-state index contributed by atoms with van der Waals surface area (Å²) >= 11 is 0. The molecule has 0 heterocycles. The van der Waals surface area contributed by atoms with E-state index in [0.29, 0.717) is 11.8 Å². The summed E-state index contributed by atoms with van der Waals surface area (Å²) in [6.07, 6.45) is 6.14. The Morgan fingerprint density at radius 3 is 3.00 bits per heavy atom. The van der Waals surface area contributed by atoms with E-state index < -0.39 is 11.8 Å². The molecule has 2 atom stereocenters. The van der Waals surface area contributed by atoms with Crippen LogP contribution >= 0.6 is 0 Å². The van der Waals surface area contributed by atoms with Gasteiger partial charge in [-0.25, -0.2) is 5.43 Å². The fourth-order valence-corrected chi connectivity index (χ4v) is 1.84. The fraction of sp³-hybridized carbons (Fsp3) is 0.444. The second-order valence-electron chi connectivity index (χ2n) is 3.55. The Balaban J connectivity index is 1.89. The third-order valence-electron chi connectivity index (χ3n) is 2.69. The standard InChI is InChI=1S/C9H11N3O2/c10-8(13)9(14)12-11-7-4-5-2-1-3-6(5)7/h1-2,5-6H,3-4H2,(H2,10,13)(H,12,14)/b11-7-. The van der Waals surface area contributed by atoms with Gasteiger partial charge in [0.15, 0.2) is 0 Å². The highest BCUT2D eigenvalue weighted by Gasteiger charge is 2.38. The maximum Gasteiger partial charge on any atom is 0.329 e. The van der Waals surface area contributed by atoms with Crippen molar-refractivity contribution in [2.24, 2.45) is 22.7 Å². The highest BCUT2D eigenvalue weighted by Crippen LogP contribution is 2.39. The third kappa shape index (κ3) is 1.41. The van der Waals surface area contributed by atoms with Gasteiger partial charge in [-0.15, -0.1) is 0 Å². The van der Waals surface area contributed by atoms with Crippen LogP contribution in [0.5, 0.6) is 0 Å².